The number of nitrogens with one attached hydrogen (secondary N) is 1. The van der Waals surface area contributed by atoms with E-state index in [1.165, 1.54) is 18.9 Å². The van der Waals surface area contributed by atoms with Gasteiger partial charge in [0.25, 0.3) is 0 Å². The Balaban J connectivity index is 1.98. The van der Waals surface area contributed by atoms with Gasteiger partial charge in [0.2, 0.25) is 11.8 Å². The van der Waals surface area contributed by atoms with Crippen molar-refractivity contribution in [3.63, 3.8) is 0 Å². The van der Waals surface area contributed by atoms with Gasteiger partial charge in [0, 0.05) is 13.0 Å². The van der Waals surface area contributed by atoms with Crippen molar-refractivity contribution in [3.8, 4) is 0 Å². The summed E-state index contributed by atoms with van der Waals surface area (Å²) in [5.74, 6) is 0.780. The van der Waals surface area contributed by atoms with E-state index in [-0.39, 0.29) is 24.3 Å². The van der Waals surface area contributed by atoms with Gasteiger partial charge in [-0.15, -0.1) is 11.8 Å². The van der Waals surface area contributed by atoms with Gasteiger partial charge in [-0.1, -0.05) is 6.42 Å². The number of methoxy groups -OCH3 is 1. The van der Waals surface area contributed by atoms with Gasteiger partial charge in [-0.3, -0.25) is 14.4 Å². The molecule has 1 fully saturated rings. The molecule has 0 aliphatic carbocycles. The lowest BCUT2D eigenvalue weighted by Gasteiger charge is -2.14. The zero-order valence-electron chi connectivity index (χ0n) is 11.1. The number of hydrogen-bond acceptors (Lipinski definition) is 5. The molecule has 1 N–H and O–H groups in total. The lowest BCUT2D eigenvalue weighted by Crippen LogP contribution is -2.38. The standard InChI is InChI=1S/C12H20N2O4S/c1-18-12(17)5-3-2-4-6-13-10(15)7-14-9-19-8-11(14)16/h2-9H2,1H3,(H,13,15). The smallest absolute Gasteiger partial charge is 0.305 e. The summed E-state index contributed by atoms with van der Waals surface area (Å²) >= 11 is 1.52. The van der Waals surface area contributed by atoms with E-state index in [1.807, 2.05) is 0 Å². The summed E-state index contributed by atoms with van der Waals surface area (Å²) in [5, 5.41) is 2.77. The number of esters is 1. The molecule has 1 saturated heterocycles. The van der Waals surface area contributed by atoms with E-state index < -0.39 is 0 Å². The highest BCUT2D eigenvalue weighted by atomic mass is 32.2. The van der Waals surface area contributed by atoms with Crippen LogP contribution in [0.15, 0.2) is 0 Å². The number of thioether (sulfide) groups is 1. The molecular formula is C12H20N2O4S. The number of amides is 2. The van der Waals surface area contributed by atoms with Crippen molar-refractivity contribution in [2.75, 3.05) is 31.8 Å². The van der Waals surface area contributed by atoms with Gasteiger partial charge in [0.05, 0.1) is 18.7 Å². The predicted molar refractivity (Wildman–Crippen MR) is 72.5 cm³/mol. The fourth-order valence-electron chi connectivity index (χ4n) is 1.67. The van der Waals surface area contributed by atoms with Crippen molar-refractivity contribution in [1.82, 2.24) is 10.2 Å². The van der Waals surface area contributed by atoms with Gasteiger partial charge in [0.1, 0.15) is 6.54 Å². The molecule has 0 aromatic carbocycles. The highest BCUT2D eigenvalue weighted by molar-refractivity contribution is 8.00. The Morgan fingerprint density at radius 1 is 1.37 bits per heavy atom. The Labute approximate surface area is 117 Å². The highest BCUT2D eigenvalue weighted by Gasteiger charge is 2.22. The third kappa shape index (κ3) is 6.47. The van der Waals surface area contributed by atoms with Crippen molar-refractivity contribution < 1.29 is 19.1 Å². The van der Waals surface area contributed by atoms with Crippen molar-refractivity contribution in [3.05, 3.63) is 0 Å². The van der Waals surface area contributed by atoms with E-state index >= 15 is 0 Å². The zero-order chi connectivity index (χ0) is 14.1. The quantitative estimate of drug-likeness (QED) is 0.516. The van der Waals surface area contributed by atoms with Crippen LogP contribution in [0.2, 0.25) is 0 Å². The van der Waals surface area contributed by atoms with Crippen LogP contribution in [0.3, 0.4) is 0 Å². The monoisotopic (exact) mass is 288 g/mol. The Hall–Kier alpha value is -1.24. The molecule has 1 aliphatic rings. The minimum Gasteiger partial charge on any atom is -0.469 e. The molecule has 0 saturated carbocycles. The van der Waals surface area contributed by atoms with Gasteiger partial charge in [0.15, 0.2) is 0 Å². The van der Waals surface area contributed by atoms with Crippen LogP contribution in [-0.2, 0) is 19.1 Å². The predicted octanol–water partition coefficient (Wildman–Crippen LogP) is 0.369. The number of unbranched alkanes of at least 4 members (excludes halogenated alkanes) is 2. The average molecular weight is 288 g/mol. The van der Waals surface area contributed by atoms with E-state index in [0.717, 1.165) is 19.3 Å². The average Bonchev–Trinajstić information content (AvgIpc) is 2.79. The lowest BCUT2D eigenvalue weighted by atomic mass is 10.2. The van der Waals surface area contributed by atoms with Gasteiger partial charge >= 0.3 is 5.97 Å². The number of ether oxygens (including phenoxy) is 1. The first-order valence-electron chi connectivity index (χ1n) is 6.32. The summed E-state index contributed by atoms with van der Waals surface area (Å²) in [6.07, 6.45) is 2.88. The van der Waals surface area contributed by atoms with E-state index in [0.29, 0.717) is 24.6 Å². The van der Waals surface area contributed by atoms with E-state index in [4.69, 9.17) is 0 Å². The molecule has 0 aromatic rings. The second kappa shape index (κ2) is 8.79. The SMILES string of the molecule is COC(=O)CCCCCNC(=O)CN1CSCC1=O. The second-order valence-corrected chi connectivity index (χ2v) is 5.26. The molecule has 0 spiro atoms. The topological polar surface area (TPSA) is 75.7 Å². The van der Waals surface area contributed by atoms with Crippen LogP contribution in [0, 0.1) is 0 Å². The van der Waals surface area contributed by atoms with Crippen LogP contribution in [0.5, 0.6) is 0 Å². The summed E-state index contributed by atoms with van der Waals surface area (Å²) in [4.78, 5) is 35.2. The molecule has 2 amide bonds. The highest BCUT2D eigenvalue weighted by Crippen LogP contribution is 2.13. The molecule has 19 heavy (non-hydrogen) atoms. The second-order valence-electron chi connectivity index (χ2n) is 4.31. The minimum atomic E-state index is -0.200. The molecule has 1 heterocycles. The Kier molecular flexibility index (Phi) is 7.32. The molecule has 0 bridgehead atoms. The normalized spacial score (nSPS) is 14.6. The minimum absolute atomic E-state index is 0.0261. The number of nitrogens with zero attached hydrogens (tertiary/aromatic N) is 1. The molecular weight excluding hydrogens is 268 g/mol. The molecule has 1 rings (SSSR count). The number of hydrogen-bond donors (Lipinski definition) is 1. The maximum absolute atomic E-state index is 11.5. The summed E-state index contributed by atoms with van der Waals surface area (Å²) in [6.45, 7) is 0.725. The number of carbonyl (C=O) groups is 3. The largest absolute Gasteiger partial charge is 0.469 e. The van der Waals surface area contributed by atoms with Crippen molar-refractivity contribution in [2.24, 2.45) is 0 Å². The molecule has 6 nitrogen and oxygen atoms in total. The fraction of sp³-hybridized carbons (Fsp3) is 0.750. The van der Waals surface area contributed by atoms with Crippen LogP contribution in [0.25, 0.3) is 0 Å². The summed E-state index contributed by atoms with van der Waals surface area (Å²) < 4.78 is 4.53. The Bertz CT molecular complexity index is 336. The maximum Gasteiger partial charge on any atom is 0.305 e. The lowest BCUT2D eigenvalue weighted by molar-refractivity contribution is -0.140. The summed E-state index contributed by atoms with van der Waals surface area (Å²) in [5.41, 5.74) is 0. The molecule has 1 aliphatic heterocycles. The molecule has 7 heteroatoms. The first kappa shape index (κ1) is 15.8. The molecule has 0 unspecified atom stereocenters. The maximum atomic E-state index is 11.5. The van der Waals surface area contributed by atoms with Crippen LogP contribution >= 0.6 is 11.8 Å². The Morgan fingerprint density at radius 2 is 2.16 bits per heavy atom. The zero-order valence-corrected chi connectivity index (χ0v) is 12.0. The van der Waals surface area contributed by atoms with Gasteiger partial charge in [-0.05, 0) is 12.8 Å². The van der Waals surface area contributed by atoms with E-state index in [2.05, 4.69) is 10.1 Å². The van der Waals surface area contributed by atoms with Crippen LogP contribution < -0.4 is 5.32 Å². The third-order valence-electron chi connectivity index (χ3n) is 2.77. The molecule has 108 valence electrons. The molecule has 0 atom stereocenters. The van der Waals surface area contributed by atoms with E-state index in [1.54, 1.807) is 4.90 Å². The van der Waals surface area contributed by atoms with Crippen molar-refractivity contribution in [2.45, 2.75) is 25.7 Å². The van der Waals surface area contributed by atoms with Gasteiger partial charge in [-0.25, -0.2) is 0 Å². The van der Waals surface area contributed by atoms with E-state index in [9.17, 15) is 14.4 Å². The number of rotatable bonds is 8. The number of carbonyl (C=O) groups excluding carboxylic acids is 3. The first-order valence-corrected chi connectivity index (χ1v) is 7.48. The summed E-state index contributed by atoms with van der Waals surface area (Å²) in [7, 11) is 1.38. The summed E-state index contributed by atoms with van der Waals surface area (Å²) in [6, 6.07) is 0. The van der Waals surface area contributed by atoms with Crippen molar-refractivity contribution >= 4 is 29.5 Å². The van der Waals surface area contributed by atoms with Gasteiger partial charge in [-0.2, -0.15) is 0 Å². The molecule has 0 radical (unpaired) electrons. The molecule has 0 aromatic heterocycles. The van der Waals surface area contributed by atoms with Crippen molar-refractivity contribution in [1.29, 1.82) is 0 Å². The fourth-order valence-corrected chi connectivity index (χ4v) is 2.57. The Morgan fingerprint density at radius 3 is 2.79 bits per heavy atom. The van der Waals surface area contributed by atoms with Crippen LogP contribution in [0.4, 0.5) is 0 Å². The third-order valence-corrected chi connectivity index (χ3v) is 3.71. The van der Waals surface area contributed by atoms with Gasteiger partial charge < -0.3 is 15.0 Å². The van der Waals surface area contributed by atoms with Crippen LogP contribution in [-0.4, -0.2) is 54.5 Å². The first-order chi connectivity index (χ1) is 9.13. The van der Waals surface area contributed by atoms with Crippen LogP contribution in [0.1, 0.15) is 25.7 Å².